The van der Waals surface area contributed by atoms with Crippen molar-refractivity contribution in [3.8, 4) is 0 Å². The Morgan fingerprint density at radius 2 is 2.11 bits per heavy atom. The highest BCUT2D eigenvalue weighted by Crippen LogP contribution is 2.43. The summed E-state index contributed by atoms with van der Waals surface area (Å²) in [5.41, 5.74) is 2.09. The Morgan fingerprint density at radius 3 is 2.72 bits per heavy atom. The van der Waals surface area contributed by atoms with Gasteiger partial charge in [-0.25, -0.2) is 4.39 Å². The summed E-state index contributed by atoms with van der Waals surface area (Å²) in [5, 5.41) is 3.50. The summed E-state index contributed by atoms with van der Waals surface area (Å²) in [7, 11) is 0. The van der Waals surface area contributed by atoms with Crippen LogP contribution in [0.2, 0.25) is 0 Å². The summed E-state index contributed by atoms with van der Waals surface area (Å²) in [6, 6.07) is 5.49. The summed E-state index contributed by atoms with van der Waals surface area (Å²) < 4.78 is 13.8. The van der Waals surface area contributed by atoms with Gasteiger partial charge < -0.3 is 5.32 Å². The van der Waals surface area contributed by atoms with Gasteiger partial charge in [0.1, 0.15) is 5.82 Å². The molecule has 2 rings (SSSR count). The van der Waals surface area contributed by atoms with Gasteiger partial charge in [-0.1, -0.05) is 31.5 Å². The van der Waals surface area contributed by atoms with Crippen molar-refractivity contribution in [3.05, 3.63) is 35.1 Å². The number of rotatable bonds is 5. The lowest BCUT2D eigenvalue weighted by Crippen LogP contribution is -2.35. The van der Waals surface area contributed by atoms with E-state index in [0.717, 1.165) is 30.6 Å². The SMILES string of the molecule is Cc1ccc(F)c(C2CCC2CNCC(C)C)c1. The molecule has 0 heterocycles. The highest BCUT2D eigenvalue weighted by molar-refractivity contribution is 5.29. The maximum Gasteiger partial charge on any atom is 0.126 e. The molecule has 1 aromatic carbocycles. The van der Waals surface area contributed by atoms with E-state index in [2.05, 4.69) is 19.2 Å². The number of hydrogen-bond donors (Lipinski definition) is 1. The lowest BCUT2D eigenvalue weighted by Gasteiger charge is -2.37. The van der Waals surface area contributed by atoms with Crippen molar-refractivity contribution in [1.29, 1.82) is 0 Å². The van der Waals surface area contributed by atoms with Crippen LogP contribution in [0, 0.1) is 24.6 Å². The highest BCUT2D eigenvalue weighted by Gasteiger charge is 2.33. The van der Waals surface area contributed by atoms with Crippen molar-refractivity contribution in [2.75, 3.05) is 13.1 Å². The minimum atomic E-state index is -0.0286. The zero-order valence-corrected chi connectivity index (χ0v) is 11.7. The molecule has 0 bridgehead atoms. The van der Waals surface area contributed by atoms with Crippen molar-refractivity contribution in [2.24, 2.45) is 11.8 Å². The van der Waals surface area contributed by atoms with E-state index >= 15 is 0 Å². The Labute approximate surface area is 110 Å². The van der Waals surface area contributed by atoms with Crippen LogP contribution in [0.1, 0.15) is 43.7 Å². The Morgan fingerprint density at radius 1 is 1.33 bits per heavy atom. The molecule has 0 amide bonds. The second-order valence-electron chi connectivity index (χ2n) is 6.02. The molecule has 1 aliphatic carbocycles. The molecule has 0 aliphatic heterocycles. The summed E-state index contributed by atoms with van der Waals surface area (Å²) in [4.78, 5) is 0. The van der Waals surface area contributed by atoms with Gasteiger partial charge in [-0.2, -0.15) is 0 Å². The van der Waals surface area contributed by atoms with Crippen LogP contribution < -0.4 is 5.32 Å². The fraction of sp³-hybridized carbons (Fsp3) is 0.625. The third-order valence-corrected chi connectivity index (χ3v) is 3.93. The van der Waals surface area contributed by atoms with Crippen LogP contribution in [0.5, 0.6) is 0 Å². The zero-order valence-electron chi connectivity index (χ0n) is 11.7. The molecule has 0 saturated heterocycles. The summed E-state index contributed by atoms with van der Waals surface area (Å²) in [6.45, 7) is 8.54. The van der Waals surface area contributed by atoms with Crippen molar-refractivity contribution < 1.29 is 4.39 Å². The minimum Gasteiger partial charge on any atom is -0.316 e. The number of halogens is 1. The van der Waals surface area contributed by atoms with Gasteiger partial charge in [0.15, 0.2) is 0 Å². The third-order valence-electron chi connectivity index (χ3n) is 3.93. The van der Waals surface area contributed by atoms with Gasteiger partial charge in [-0.3, -0.25) is 0 Å². The predicted molar refractivity (Wildman–Crippen MR) is 74.3 cm³/mol. The highest BCUT2D eigenvalue weighted by atomic mass is 19.1. The molecular formula is C16H24FN. The molecule has 2 heteroatoms. The van der Waals surface area contributed by atoms with Crippen LogP contribution >= 0.6 is 0 Å². The van der Waals surface area contributed by atoms with Crippen molar-refractivity contribution >= 4 is 0 Å². The Balaban J connectivity index is 1.95. The lowest BCUT2D eigenvalue weighted by atomic mass is 9.69. The van der Waals surface area contributed by atoms with E-state index < -0.39 is 0 Å². The average molecular weight is 249 g/mol. The van der Waals surface area contributed by atoms with Crippen LogP contribution in [0.25, 0.3) is 0 Å². The second kappa shape index (κ2) is 5.83. The largest absolute Gasteiger partial charge is 0.316 e. The first-order valence-electron chi connectivity index (χ1n) is 7.04. The monoisotopic (exact) mass is 249 g/mol. The molecular weight excluding hydrogens is 225 g/mol. The van der Waals surface area contributed by atoms with Gasteiger partial charge in [-0.15, -0.1) is 0 Å². The van der Waals surface area contributed by atoms with Gasteiger partial charge in [0, 0.05) is 0 Å². The van der Waals surface area contributed by atoms with E-state index in [0.29, 0.717) is 17.8 Å². The molecule has 1 N–H and O–H groups in total. The number of benzene rings is 1. The molecule has 2 unspecified atom stereocenters. The van der Waals surface area contributed by atoms with E-state index in [1.165, 1.54) is 6.42 Å². The lowest BCUT2D eigenvalue weighted by molar-refractivity contribution is 0.238. The van der Waals surface area contributed by atoms with Gasteiger partial charge in [-0.05, 0) is 62.2 Å². The predicted octanol–water partition coefficient (Wildman–Crippen LogP) is 3.87. The van der Waals surface area contributed by atoms with Gasteiger partial charge in [0.2, 0.25) is 0 Å². The van der Waals surface area contributed by atoms with Crippen molar-refractivity contribution in [3.63, 3.8) is 0 Å². The van der Waals surface area contributed by atoms with E-state index in [1.807, 2.05) is 19.1 Å². The fourth-order valence-electron chi connectivity index (χ4n) is 2.73. The summed E-state index contributed by atoms with van der Waals surface area (Å²) >= 11 is 0. The van der Waals surface area contributed by atoms with Crippen LogP contribution in [-0.2, 0) is 0 Å². The van der Waals surface area contributed by atoms with Crippen LogP contribution in [0.4, 0.5) is 4.39 Å². The first-order chi connectivity index (χ1) is 8.58. The van der Waals surface area contributed by atoms with Crippen molar-refractivity contribution in [1.82, 2.24) is 5.32 Å². The quantitative estimate of drug-likeness (QED) is 0.835. The molecule has 1 nitrogen and oxygen atoms in total. The molecule has 2 atom stereocenters. The fourth-order valence-corrected chi connectivity index (χ4v) is 2.73. The van der Waals surface area contributed by atoms with E-state index in [1.54, 1.807) is 6.07 Å². The normalized spacial score (nSPS) is 23.2. The molecule has 0 aromatic heterocycles. The van der Waals surface area contributed by atoms with Gasteiger partial charge >= 0.3 is 0 Å². The third kappa shape index (κ3) is 3.11. The van der Waals surface area contributed by atoms with Crippen LogP contribution in [-0.4, -0.2) is 13.1 Å². The molecule has 1 saturated carbocycles. The summed E-state index contributed by atoms with van der Waals surface area (Å²) in [6.07, 6.45) is 2.36. The molecule has 0 radical (unpaired) electrons. The molecule has 18 heavy (non-hydrogen) atoms. The zero-order chi connectivity index (χ0) is 13.1. The second-order valence-corrected chi connectivity index (χ2v) is 6.02. The van der Waals surface area contributed by atoms with Crippen LogP contribution in [0.15, 0.2) is 18.2 Å². The molecule has 1 fully saturated rings. The van der Waals surface area contributed by atoms with Crippen LogP contribution in [0.3, 0.4) is 0 Å². The van der Waals surface area contributed by atoms with Crippen molar-refractivity contribution in [2.45, 2.75) is 39.5 Å². The first kappa shape index (κ1) is 13.5. The average Bonchev–Trinajstić information content (AvgIpc) is 2.27. The number of nitrogens with one attached hydrogen (secondary N) is 1. The number of aryl methyl sites for hydroxylation is 1. The first-order valence-corrected chi connectivity index (χ1v) is 7.04. The summed E-state index contributed by atoms with van der Waals surface area (Å²) in [5.74, 6) is 1.68. The van der Waals surface area contributed by atoms with E-state index in [-0.39, 0.29) is 5.82 Å². The Kier molecular flexibility index (Phi) is 4.39. The topological polar surface area (TPSA) is 12.0 Å². The Bertz CT molecular complexity index is 400. The van der Waals surface area contributed by atoms with E-state index in [4.69, 9.17) is 0 Å². The minimum absolute atomic E-state index is 0.0286. The molecule has 1 aliphatic rings. The van der Waals surface area contributed by atoms with Gasteiger partial charge in [0.05, 0.1) is 0 Å². The Hall–Kier alpha value is -0.890. The van der Waals surface area contributed by atoms with Gasteiger partial charge in [0.25, 0.3) is 0 Å². The molecule has 100 valence electrons. The molecule has 0 spiro atoms. The molecule has 1 aromatic rings. The maximum atomic E-state index is 13.8. The van der Waals surface area contributed by atoms with E-state index in [9.17, 15) is 4.39 Å². The maximum absolute atomic E-state index is 13.8. The number of hydrogen-bond acceptors (Lipinski definition) is 1. The smallest absolute Gasteiger partial charge is 0.126 e. The standard InChI is InChI=1S/C16H24FN/c1-11(2)9-18-10-13-5-6-14(13)15-8-12(3)4-7-16(15)17/h4,7-8,11,13-14,18H,5-6,9-10H2,1-3H3.